The van der Waals surface area contributed by atoms with E-state index in [1.54, 1.807) is 0 Å². The first-order valence-corrected chi connectivity index (χ1v) is 7.49. The summed E-state index contributed by atoms with van der Waals surface area (Å²) in [6.07, 6.45) is 8.66. The van der Waals surface area contributed by atoms with Gasteiger partial charge in [0, 0.05) is 16.1 Å². The van der Waals surface area contributed by atoms with Crippen molar-refractivity contribution in [1.82, 2.24) is 0 Å². The standard InChI is InChI=1S/C16H14BrF2N/c17-11-6-4-10(5-7-11)14-8-9-15(20-14)16-12(18)2-1-3-13(16)19/h1-4,6-7,10,14H,5,8-9H2/t10?,14-/m1/s1. The van der Waals surface area contributed by atoms with E-state index in [0.29, 0.717) is 18.1 Å². The fourth-order valence-corrected chi connectivity index (χ4v) is 3.12. The van der Waals surface area contributed by atoms with Crippen molar-refractivity contribution in [3.05, 3.63) is 58.1 Å². The third kappa shape index (κ3) is 2.62. The zero-order chi connectivity index (χ0) is 14.1. The molecule has 0 bridgehead atoms. The van der Waals surface area contributed by atoms with Gasteiger partial charge in [0.25, 0.3) is 0 Å². The average molecular weight is 338 g/mol. The molecule has 20 heavy (non-hydrogen) atoms. The summed E-state index contributed by atoms with van der Waals surface area (Å²) in [7, 11) is 0. The number of allylic oxidation sites excluding steroid dienone is 3. The maximum Gasteiger partial charge on any atom is 0.135 e. The zero-order valence-electron chi connectivity index (χ0n) is 10.8. The van der Waals surface area contributed by atoms with Crippen LogP contribution in [0.4, 0.5) is 8.78 Å². The third-order valence-corrected chi connectivity index (χ3v) is 4.42. The molecule has 1 aliphatic carbocycles. The van der Waals surface area contributed by atoms with Crippen LogP contribution in [0, 0.1) is 17.6 Å². The van der Waals surface area contributed by atoms with Gasteiger partial charge in [-0.1, -0.05) is 40.2 Å². The molecule has 2 atom stereocenters. The van der Waals surface area contributed by atoms with Gasteiger partial charge in [-0.3, -0.25) is 4.99 Å². The van der Waals surface area contributed by atoms with Crippen molar-refractivity contribution in [1.29, 1.82) is 0 Å². The van der Waals surface area contributed by atoms with Gasteiger partial charge in [-0.15, -0.1) is 0 Å². The minimum absolute atomic E-state index is 0.0477. The number of nitrogens with zero attached hydrogens (tertiary/aromatic N) is 1. The maximum atomic E-state index is 13.8. The van der Waals surface area contributed by atoms with E-state index in [1.165, 1.54) is 18.2 Å². The van der Waals surface area contributed by atoms with Crippen molar-refractivity contribution in [3.63, 3.8) is 0 Å². The van der Waals surface area contributed by atoms with Gasteiger partial charge >= 0.3 is 0 Å². The van der Waals surface area contributed by atoms with Crippen LogP contribution < -0.4 is 0 Å². The van der Waals surface area contributed by atoms with E-state index in [9.17, 15) is 8.78 Å². The van der Waals surface area contributed by atoms with Crippen LogP contribution in [0.3, 0.4) is 0 Å². The summed E-state index contributed by atoms with van der Waals surface area (Å²) in [5, 5.41) is 0. The Balaban J connectivity index is 1.84. The van der Waals surface area contributed by atoms with Crippen LogP contribution in [0.2, 0.25) is 0 Å². The highest BCUT2D eigenvalue weighted by Crippen LogP contribution is 2.31. The number of halogens is 3. The molecule has 1 unspecified atom stereocenters. The molecule has 0 saturated carbocycles. The molecule has 0 spiro atoms. The molecule has 1 aromatic rings. The number of hydrogen-bond donors (Lipinski definition) is 0. The Hall–Kier alpha value is -1.29. The minimum atomic E-state index is -0.522. The lowest BCUT2D eigenvalue weighted by atomic mass is 9.91. The Morgan fingerprint density at radius 2 is 1.95 bits per heavy atom. The highest BCUT2D eigenvalue weighted by atomic mass is 79.9. The van der Waals surface area contributed by atoms with E-state index < -0.39 is 11.6 Å². The molecule has 1 aromatic carbocycles. The van der Waals surface area contributed by atoms with E-state index >= 15 is 0 Å². The molecule has 0 aromatic heterocycles. The molecule has 4 heteroatoms. The maximum absolute atomic E-state index is 13.8. The molecule has 0 fully saturated rings. The first kappa shape index (κ1) is 13.7. The normalized spacial score (nSPS) is 25.6. The predicted molar refractivity (Wildman–Crippen MR) is 80.2 cm³/mol. The van der Waals surface area contributed by atoms with E-state index in [0.717, 1.165) is 17.3 Å². The van der Waals surface area contributed by atoms with Gasteiger partial charge in [0.2, 0.25) is 0 Å². The second-order valence-electron chi connectivity index (χ2n) is 5.13. The van der Waals surface area contributed by atoms with Crippen LogP contribution >= 0.6 is 15.9 Å². The fourth-order valence-electron chi connectivity index (χ4n) is 2.78. The number of hydrogen-bond acceptors (Lipinski definition) is 1. The van der Waals surface area contributed by atoms with Gasteiger partial charge in [0.1, 0.15) is 11.6 Å². The van der Waals surface area contributed by atoms with Crippen LogP contribution in [-0.2, 0) is 0 Å². The molecule has 0 amide bonds. The predicted octanol–water partition coefficient (Wildman–Crippen LogP) is 4.77. The highest BCUT2D eigenvalue weighted by molar-refractivity contribution is 9.11. The van der Waals surface area contributed by atoms with Crippen molar-refractivity contribution >= 4 is 21.6 Å². The lowest BCUT2D eigenvalue weighted by Crippen LogP contribution is -2.14. The molecule has 0 saturated heterocycles. The molecular formula is C16H14BrF2N. The quantitative estimate of drug-likeness (QED) is 0.737. The minimum Gasteiger partial charge on any atom is -0.285 e. The number of benzene rings is 1. The van der Waals surface area contributed by atoms with Gasteiger partial charge in [-0.2, -0.15) is 0 Å². The number of rotatable bonds is 2. The second kappa shape index (κ2) is 5.60. The van der Waals surface area contributed by atoms with Crippen molar-refractivity contribution < 1.29 is 8.78 Å². The lowest BCUT2D eigenvalue weighted by molar-refractivity contribution is 0.503. The van der Waals surface area contributed by atoms with Crippen molar-refractivity contribution in [2.24, 2.45) is 10.9 Å². The topological polar surface area (TPSA) is 12.4 Å². The van der Waals surface area contributed by atoms with E-state index in [2.05, 4.69) is 33.1 Å². The lowest BCUT2D eigenvalue weighted by Gasteiger charge is -2.18. The van der Waals surface area contributed by atoms with Crippen molar-refractivity contribution in [3.8, 4) is 0 Å². The molecule has 3 rings (SSSR count). The van der Waals surface area contributed by atoms with Gasteiger partial charge in [-0.05, 0) is 31.4 Å². The van der Waals surface area contributed by atoms with E-state index in [-0.39, 0.29) is 11.6 Å². The summed E-state index contributed by atoms with van der Waals surface area (Å²) < 4.78 is 28.6. The first-order valence-electron chi connectivity index (χ1n) is 6.70. The zero-order valence-corrected chi connectivity index (χ0v) is 12.4. The Kier molecular flexibility index (Phi) is 3.83. The van der Waals surface area contributed by atoms with E-state index in [4.69, 9.17) is 0 Å². The Labute approximate surface area is 125 Å². The Bertz CT molecular complexity index is 599. The van der Waals surface area contributed by atoms with Crippen LogP contribution in [0.5, 0.6) is 0 Å². The summed E-state index contributed by atoms with van der Waals surface area (Å²) >= 11 is 3.43. The summed E-state index contributed by atoms with van der Waals surface area (Å²) in [5.41, 5.74) is 0.610. The molecule has 1 nitrogen and oxygen atoms in total. The first-order chi connectivity index (χ1) is 9.65. The fraction of sp³-hybridized carbons (Fsp3) is 0.312. The largest absolute Gasteiger partial charge is 0.285 e. The molecule has 0 radical (unpaired) electrons. The third-order valence-electron chi connectivity index (χ3n) is 3.83. The van der Waals surface area contributed by atoms with Gasteiger partial charge in [-0.25, -0.2) is 8.78 Å². The summed E-state index contributed by atoms with van der Waals surface area (Å²) in [6.45, 7) is 0. The monoisotopic (exact) mass is 337 g/mol. The van der Waals surface area contributed by atoms with Crippen LogP contribution in [0.15, 0.2) is 45.9 Å². The molecule has 104 valence electrons. The van der Waals surface area contributed by atoms with Crippen LogP contribution in [-0.4, -0.2) is 11.8 Å². The highest BCUT2D eigenvalue weighted by Gasteiger charge is 2.28. The Morgan fingerprint density at radius 3 is 2.60 bits per heavy atom. The summed E-state index contributed by atoms with van der Waals surface area (Å²) in [6, 6.07) is 4.08. The molecule has 1 heterocycles. The summed E-state index contributed by atoms with van der Waals surface area (Å²) in [4.78, 5) is 4.57. The molecular weight excluding hydrogens is 324 g/mol. The SMILES string of the molecule is Fc1cccc(F)c1C1=N[C@@H](C2C=CC(Br)=CC2)CC1. The smallest absolute Gasteiger partial charge is 0.135 e. The molecule has 2 aliphatic rings. The van der Waals surface area contributed by atoms with Crippen molar-refractivity contribution in [2.75, 3.05) is 0 Å². The second-order valence-corrected chi connectivity index (χ2v) is 6.04. The van der Waals surface area contributed by atoms with Gasteiger partial charge in [0.05, 0.1) is 11.6 Å². The molecule has 1 aliphatic heterocycles. The van der Waals surface area contributed by atoms with Gasteiger partial charge in [0.15, 0.2) is 0 Å². The van der Waals surface area contributed by atoms with Crippen LogP contribution in [0.1, 0.15) is 24.8 Å². The molecule has 0 N–H and O–H groups in total. The van der Waals surface area contributed by atoms with Gasteiger partial charge < -0.3 is 0 Å². The Morgan fingerprint density at radius 1 is 1.20 bits per heavy atom. The average Bonchev–Trinajstić information content (AvgIpc) is 2.89. The van der Waals surface area contributed by atoms with Crippen molar-refractivity contribution in [2.45, 2.75) is 25.3 Å². The van der Waals surface area contributed by atoms with Crippen LogP contribution in [0.25, 0.3) is 0 Å². The number of aliphatic imine (C=N–C) groups is 1. The van der Waals surface area contributed by atoms with E-state index in [1.807, 2.05) is 6.08 Å². The summed E-state index contributed by atoms with van der Waals surface area (Å²) in [5.74, 6) is -0.721.